The third-order valence-electron chi connectivity index (χ3n) is 6.80. The molecule has 4 nitrogen and oxygen atoms in total. The Balaban J connectivity index is 1.85. The van der Waals surface area contributed by atoms with Crippen LogP contribution in [0.15, 0.2) is 82.6 Å². The van der Waals surface area contributed by atoms with Gasteiger partial charge >= 0.3 is 0 Å². The Morgan fingerprint density at radius 1 is 0.833 bits per heavy atom. The summed E-state index contributed by atoms with van der Waals surface area (Å²) in [7, 11) is -4.03. The Bertz CT molecular complexity index is 1290. The van der Waals surface area contributed by atoms with Crippen LogP contribution in [0.25, 0.3) is 0 Å². The van der Waals surface area contributed by atoms with E-state index in [1.54, 1.807) is 36.0 Å². The first-order chi connectivity index (χ1) is 17.1. The van der Waals surface area contributed by atoms with Crippen LogP contribution in [0.1, 0.15) is 80.7 Å². The van der Waals surface area contributed by atoms with E-state index in [-0.39, 0.29) is 22.5 Å². The Hall–Kier alpha value is -2.57. The lowest BCUT2D eigenvalue weighted by atomic mass is 9.95. The Kier molecular flexibility index (Phi) is 7.96. The zero-order chi connectivity index (χ0) is 26.0. The summed E-state index contributed by atoms with van der Waals surface area (Å²) >= 11 is 1.74. The summed E-state index contributed by atoms with van der Waals surface area (Å²) in [5, 5.41) is -0.109. The number of nitrogens with zero attached hydrogens (tertiary/aromatic N) is 1. The van der Waals surface area contributed by atoms with Crippen molar-refractivity contribution in [3.63, 3.8) is 0 Å². The van der Waals surface area contributed by atoms with Crippen molar-refractivity contribution in [3.8, 4) is 0 Å². The van der Waals surface area contributed by atoms with Gasteiger partial charge in [-0.2, -0.15) is 0 Å². The lowest BCUT2D eigenvalue weighted by molar-refractivity contribution is -0.130. The minimum absolute atomic E-state index is 0.109. The average Bonchev–Trinajstić information content (AvgIpc) is 2.85. The van der Waals surface area contributed by atoms with Crippen molar-refractivity contribution in [2.24, 2.45) is 0 Å². The smallest absolute Gasteiger partial charge is 0.267 e. The van der Waals surface area contributed by atoms with Crippen LogP contribution < -0.4 is 0 Å². The van der Waals surface area contributed by atoms with E-state index in [1.807, 2.05) is 37.3 Å². The lowest BCUT2D eigenvalue weighted by Gasteiger charge is -2.40. The fourth-order valence-electron chi connectivity index (χ4n) is 4.84. The maximum Gasteiger partial charge on any atom is 0.267 e. The minimum Gasteiger partial charge on any atom is -0.274 e. The number of rotatable bonds is 7. The number of carbonyl (C=O) groups is 1. The quantitative estimate of drug-likeness (QED) is 0.324. The van der Waals surface area contributed by atoms with Gasteiger partial charge in [0.15, 0.2) is 0 Å². The van der Waals surface area contributed by atoms with Gasteiger partial charge in [0, 0.05) is 16.6 Å². The number of piperidine rings is 1. The number of aryl methyl sites for hydroxylation is 1. The van der Waals surface area contributed by atoms with Crippen molar-refractivity contribution >= 4 is 27.7 Å². The third-order valence-corrected chi connectivity index (χ3v) is 10.1. The molecule has 190 valence electrons. The second-order valence-corrected chi connectivity index (χ2v) is 13.2. The second kappa shape index (κ2) is 10.8. The van der Waals surface area contributed by atoms with Gasteiger partial charge in [-0.3, -0.25) is 4.79 Å². The topological polar surface area (TPSA) is 54.5 Å². The van der Waals surface area contributed by atoms with Crippen molar-refractivity contribution in [1.82, 2.24) is 4.31 Å². The van der Waals surface area contributed by atoms with Crippen molar-refractivity contribution in [2.45, 2.75) is 80.4 Å². The molecule has 0 radical (unpaired) electrons. The number of thioether (sulfide) groups is 1. The highest BCUT2D eigenvalue weighted by Crippen LogP contribution is 2.47. The van der Waals surface area contributed by atoms with E-state index in [1.165, 1.54) is 20.3 Å². The van der Waals surface area contributed by atoms with Gasteiger partial charge in [0.05, 0.1) is 10.9 Å². The number of carbonyl (C=O) groups excluding carboxylic acids is 1. The normalized spacial score (nSPS) is 18.8. The van der Waals surface area contributed by atoms with Crippen molar-refractivity contribution in [2.75, 3.05) is 0 Å². The molecule has 3 aromatic rings. The van der Waals surface area contributed by atoms with E-state index in [4.69, 9.17) is 0 Å². The number of benzene rings is 3. The summed E-state index contributed by atoms with van der Waals surface area (Å²) in [4.78, 5) is 14.7. The third kappa shape index (κ3) is 5.25. The zero-order valence-corrected chi connectivity index (χ0v) is 23.3. The van der Waals surface area contributed by atoms with Gasteiger partial charge in [0.2, 0.25) is 5.91 Å². The number of sulfonamides is 1. The minimum atomic E-state index is -4.03. The van der Waals surface area contributed by atoms with Crippen LogP contribution in [0, 0.1) is 6.92 Å². The Morgan fingerprint density at radius 2 is 1.42 bits per heavy atom. The molecule has 0 unspecified atom stereocenters. The number of hydrogen-bond acceptors (Lipinski definition) is 4. The highest BCUT2D eigenvalue weighted by Gasteiger charge is 2.44. The van der Waals surface area contributed by atoms with Crippen LogP contribution in [-0.2, 0) is 14.8 Å². The van der Waals surface area contributed by atoms with Crippen LogP contribution in [0.2, 0.25) is 0 Å². The zero-order valence-electron chi connectivity index (χ0n) is 21.6. The standard InChI is InChI=1S/C30H35NO3S2/c1-20(2)25-12-9-13-26(21(3)4)30(25)35-27-18-19-28(32)31(29(27)23-10-7-6-8-11-23)36(33,34)24-16-14-22(5)15-17-24/h6-17,20-21,27,29H,18-19H2,1-5H3/t27-,29+/m0/s1. The summed E-state index contributed by atoms with van der Waals surface area (Å²) in [6.07, 6.45) is 0.819. The van der Waals surface area contributed by atoms with Gasteiger partial charge in [-0.1, -0.05) is 93.9 Å². The molecule has 1 aliphatic rings. The van der Waals surface area contributed by atoms with E-state index in [9.17, 15) is 13.2 Å². The molecule has 0 N–H and O–H groups in total. The number of hydrogen-bond donors (Lipinski definition) is 0. The molecule has 4 rings (SSSR count). The fourth-order valence-corrected chi connectivity index (χ4v) is 8.38. The maximum atomic E-state index is 13.9. The summed E-state index contributed by atoms with van der Waals surface area (Å²) in [6.45, 7) is 10.7. The second-order valence-electron chi connectivity index (χ2n) is 10.1. The maximum absolute atomic E-state index is 13.9. The van der Waals surface area contributed by atoms with Crippen molar-refractivity contribution in [1.29, 1.82) is 0 Å². The van der Waals surface area contributed by atoms with E-state index >= 15 is 0 Å². The average molecular weight is 522 g/mol. The Labute approximate surface area is 220 Å². The predicted molar refractivity (Wildman–Crippen MR) is 148 cm³/mol. The number of amides is 1. The van der Waals surface area contributed by atoms with Crippen molar-refractivity contribution in [3.05, 3.63) is 95.1 Å². The molecule has 0 aliphatic carbocycles. The Morgan fingerprint density at radius 3 is 1.97 bits per heavy atom. The fraction of sp³-hybridized carbons (Fsp3) is 0.367. The van der Waals surface area contributed by atoms with Gasteiger partial charge in [0.1, 0.15) is 0 Å². The molecule has 0 bridgehead atoms. The SMILES string of the molecule is Cc1ccc(S(=O)(=O)N2C(=O)CC[C@H](Sc3c(C(C)C)cccc3C(C)C)[C@H]2c2ccccc2)cc1. The van der Waals surface area contributed by atoms with Crippen LogP contribution >= 0.6 is 11.8 Å². The molecule has 3 aromatic carbocycles. The highest BCUT2D eigenvalue weighted by molar-refractivity contribution is 8.00. The van der Waals surface area contributed by atoms with Crippen LogP contribution in [-0.4, -0.2) is 23.9 Å². The molecule has 1 heterocycles. The van der Waals surface area contributed by atoms with Gasteiger partial charge in [0.25, 0.3) is 10.0 Å². The summed E-state index contributed by atoms with van der Waals surface area (Å²) in [5.41, 5.74) is 4.34. The summed E-state index contributed by atoms with van der Waals surface area (Å²) in [6, 6.07) is 22.2. The monoisotopic (exact) mass is 521 g/mol. The van der Waals surface area contributed by atoms with Crippen molar-refractivity contribution < 1.29 is 13.2 Å². The van der Waals surface area contributed by atoms with Crippen LogP contribution in [0.4, 0.5) is 0 Å². The molecule has 1 aliphatic heterocycles. The predicted octanol–water partition coefficient (Wildman–Crippen LogP) is 7.46. The van der Waals surface area contributed by atoms with E-state index in [0.29, 0.717) is 18.3 Å². The molecule has 0 spiro atoms. The van der Waals surface area contributed by atoms with Gasteiger partial charge in [-0.05, 0) is 54.0 Å². The molecule has 1 fully saturated rings. The first-order valence-corrected chi connectivity index (χ1v) is 14.9. The molecular formula is C30H35NO3S2. The van der Waals surface area contributed by atoms with E-state index in [0.717, 1.165) is 11.1 Å². The van der Waals surface area contributed by atoms with E-state index < -0.39 is 16.1 Å². The molecule has 2 atom stereocenters. The highest BCUT2D eigenvalue weighted by atomic mass is 32.2. The largest absolute Gasteiger partial charge is 0.274 e. The first kappa shape index (κ1) is 26.5. The van der Waals surface area contributed by atoms with E-state index in [2.05, 4.69) is 45.9 Å². The van der Waals surface area contributed by atoms with Gasteiger partial charge in [-0.15, -0.1) is 11.8 Å². The summed E-state index contributed by atoms with van der Waals surface area (Å²) in [5.74, 6) is 0.320. The van der Waals surface area contributed by atoms with Crippen LogP contribution in [0.3, 0.4) is 0 Å². The van der Waals surface area contributed by atoms with Crippen LogP contribution in [0.5, 0.6) is 0 Å². The summed E-state index contributed by atoms with van der Waals surface area (Å²) < 4.78 is 29.0. The molecular weight excluding hydrogens is 486 g/mol. The molecule has 0 aromatic heterocycles. The molecule has 36 heavy (non-hydrogen) atoms. The van der Waals surface area contributed by atoms with Gasteiger partial charge < -0.3 is 0 Å². The molecule has 0 saturated carbocycles. The lowest BCUT2D eigenvalue weighted by Crippen LogP contribution is -2.47. The molecule has 1 saturated heterocycles. The molecule has 6 heteroatoms. The first-order valence-electron chi connectivity index (χ1n) is 12.6. The van der Waals surface area contributed by atoms with Gasteiger partial charge in [-0.25, -0.2) is 12.7 Å². The molecule has 1 amide bonds.